The van der Waals surface area contributed by atoms with Crippen molar-refractivity contribution in [2.45, 2.75) is 31.0 Å². The van der Waals surface area contributed by atoms with E-state index in [1.807, 2.05) is 18.2 Å². The highest BCUT2D eigenvalue weighted by atomic mass is 79.9. The molecule has 0 saturated carbocycles. The van der Waals surface area contributed by atoms with E-state index in [9.17, 15) is 5.11 Å². The zero-order chi connectivity index (χ0) is 13.7. The maximum atomic E-state index is 10.5. The van der Waals surface area contributed by atoms with Crippen LogP contribution in [-0.2, 0) is 12.8 Å². The van der Waals surface area contributed by atoms with Crippen molar-refractivity contribution in [1.29, 1.82) is 0 Å². The van der Waals surface area contributed by atoms with E-state index in [0.717, 1.165) is 28.6 Å². The first kappa shape index (κ1) is 12.4. The molecule has 0 unspecified atom stereocenters. The first-order valence-corrected chi connectivity index (χ1v) is 7.68. The molecule has 0 fully saturated rings. The number of benzene rings is 2. The normalized spacial score (nSPS) is 22.2. The zero-order valence-electron chi connectivity index (χ0n) is 11.0. The Morgan fingerprint density at radius 2 is 1.80 bits per heavy atom. The van der Waals surface area contributed by atoms with E-state index < -0.39 is 6.10 Å². The summed E-state index contributed by atoms with van der Waals surface area (Å²) in [5, 5.41) is 10.5. The van der Waals surface area contributed by atoms with Gasteiger partial charge in [-0.1, -0.05) is 40.2 Å². The third-order valence-corrected chi connectivity index (χ3v) is 4.86. The Morgan fingerprint density at radius 3 is 2.50 bits per heavy atom. The summed E-state index contributed by atoms with van der Waals surface area (Å²) in [5.74, 6) is 0.819. The van der Waals surface area contributed by atoms with Crippen LogP contribution in [0.2, 0.25) is 0 Å². The second kappa shape index (κ2) is 4.34. The summed E-state index contributed by atoms with van der Waals surface area (Å²) in [6, 6.07) is 14.3. The quantitative estimate of drug-likeness (QED) is 0.796. The third kappa shape index (κ3) is 1.88. The van der Waals surface area contributed by atoms with E-state index in [1.165, 1.54) is 11.1 Å². The van der Waals surface area contributed by atoms with Gasteiger partial charge in [-0.25, -0.2) is 0 Å². The van der Waals surface area contributed by atoms with Gasteiger partial charge in [0.1, 0.15) is 11.4 Å². The first-order chi connectivity index (χ1) is 9.65. The summed E-state index contributed by atoms with van der Waals surface area (Å²) in [4.78, 5) is 0. The molecule has 4 rings (SSSR count). The van der Waals surface area contributed by atoms with Gasteiger partial charge < -0.3 is 9.84 Å². The van der Waals surface area contributed by atoms with Gasteiger partial charge in [0.2, 0.25) is 0 Å². The van der Waals surface area contributed by atoms with Crippen LogP contribution in [0.5, 0.6) is 5.75 Å². The molecule has 2 aliphatic rings. The lowest BCUT2D eigenvalue weighted by molar-refractivity contribution is -0.00708. The molecule has 1 heterocycles. The Kier molecular flexibility index (Phi) is 2.69. The van der Waals surface area contributed by atoms with Crippen LogP contribution in [0.25, 0.3) is 0 Å². The number of aliphatic hydroxyl groups excluding tert-OH is 1. The molecule has 0 bridgehead atoms. The van der Waals surface area contributed by atoms with E-state index in [2.05, 4.69) is 40.2 Å². The average Bonchev–Trinajstić information content (AvgIpc) is 2.77. The molecule has 1 aliphatic carbocycles. The number of fused-ring (bicyclic) bond motifs is 2. The Morgan fingerprint density at radius 1 is 1.10 bits per heavy atom. The minimum atomic E-state index is -0.453. The standard InChI is InChI=1S/C17H15BrO2/c18-13-5-6-16-14(7-13)15(19)10-17(20-16)8-11-3-1-2-4-12(11)9-17/h1-7,15,19H,8-10H2/t15-/m1/s1. The van der Waals surface area contributed by atoms with Gasteiger partial charge >= 0.3 is 0 Å². The van der Waals surface area contributed by atoms with Gasteiger partial charge in [0, 0.05) is 29.3 Å². The molecule has 0 aromatic heterocycles. The molecule has 1 N–H and O–H groups in total. The van der Waals surface area contributed by atoms with Gasteiger partial charge in [-0.3, -0.25) is 0 Å². The Labute approximate surface area is 126 Å². The zero-order valence-corrected chi connectivity index (χ0v) is 12.6. The van der Waals surface area contributed by atoms with Crippen LogP contribution < -0.4 is 4.74 Å². The molecule has 3 heteroatoms. The van der Waals surface area contributed by atoms with Gasteiger partial charge in [-0.05, 0) is 29.3 Å². The highest BCUT2D eigenvalue weighted by molar-refractivity contribution is 9.10. The molecule has 2 aromatic rings. The fourth-order valence-electron chi connectivity index (χ4n) is 3.49. The van der Waals surface area contributed by atoms with Gasteiger partial charge in [0.05, 0.1) is 6.10 Å². The van der Waals surface area contributed by atoms with Crippen LogP contribution in [0, 0.1) is 0 Å². The summed E-state index contributed by atoms with van der Waals surface area (Å²) in [6.45, 7) is 0. The molecule has 20 heavy (non-hydrogen) atoms. The number of hydrogen-bond donors (Lipinski definition) is 1. The molecule has 1 aliphatic heterocycles. The van der Waals surface area contributed by atoms with Gasteiger partial charge in [0.15, 0.2) is 0 Å². The minimum Gasteiger partial charge on any atom is -0.486 e. The van der Waals surface area contributed by atoms with Crippen LogP contribution in [0.15, 0.2) is 46.9 Å². The van der Waals surface area contributed by atoms with E-state index in [4.69, 9.17) is 4.74 Å². The largest absolute Gasteiger partial charge is 0.486 e. The van der Waals surface area contributed by atoms with Crippen molar-refractivity contribution in [3.8, 4) is 5.75 Å². The van der Waals surface area contributed by atoms with Crippen LogP contribution in [0.4, 0.5) is 0 Å². The van der Waals surface area contributed by atoms with E-state index in [1.54, 1.807) is 0 Å². The fourth-order valence-corrected chi connectivity index (χ4v) is 3.86. The van der Waals surface area contributed by atoms with Crippen molar-refractivity contribution < 1.29 is 9.84 Å². The number of ether oxygens (including phenoxy) is 1. The monoisotopic (exact) mass is 330 g/mol. The van der Waals surface area contributed by atoms with Crippen molar-refractivity contribution in [1.82, 2.24) is 0 Å². The molecule has 0 saturated heterocycles. The number of rotatable bonds is 0. The highest BCUT2D eigenvalue weighted by Gasteiger charge is 2.44. The molecule has 0 amide bonds. The molecule has 0 radical (unpaired) electrons. The van der Waals surface area contributed by atoms with Crippen LogP contribution >= 0.6 is 15.9 Å². The van der Waals surface area contributed by atoms with Crippen molar-refractivity contribution in [3.63, 3.8) is 0 Å². The summed E-state index contributed by atoms with van der Waals surface area (Å²) in [5.41, 5.74) is 3.31. The predicted octanol–water partition coefficient (Wildman–Crippen LogP) is 3.80. The van der Waals surface area contributed by atoms with E-state index >= 15 is 0 Å². The summed E-state index contributed by atoms with van der Waals surface area (Å²) >= 11 is 3.45. The first-order valence-electron chi connectivity index (χ1n) is 6.89. The summed E-state index contributed by atoms with van der Waals surface area (Å²) in [6.07, 6.45) is 1.97. The number of aliphatic hydroxyl groups is 1. The highest BCUT2D eigenvalue weighted by Crippen LogP contribution is 2.46. The average molecular weight is 331 g/mol. The molecule has 1 spiro atoms. The second-order valence-electron chi connectivity index (χ2n) is 5.81. The van der Waals surface area contributed by atoms with Crippen molar-refractivity contribution in [2.75, 3.05) is 0 Å². The number of hydrogen-bond acceptors (Lipinski definition) is 2. The topological polar surface area (TPSA) is 29.5 Å². The van der Waals surface area contributed by atoms with Gasteiger partial charge in [0.25, 0.3) is 0 Å². The lowest BCUT2D eigenvalue weighted by Crippen LogP contribution is -2.42. The van der Waals surface area contributed by atoms with E-state index in [0.29, 0.717) is 6.42 Å². The van der Waals surface area contributed by atoms with Crippen molar-refractivity contribution >= 4 is 15.9 Å². The Bertz CT molecular complexity index is 655. The van der Waals surface area contributed by atoms with Crippen LogP contribution in [0.3, 0.4) is 0 Å². The maximum absolute atomic E-state index is 10.5. The molecular weight excluding hydrogens is 316 g/mol. The molecule has 1 atom stereocenters. The SMILES string of the molecule is O[C@@H]1CC2(Cc3ccccc3C2)Oc2ccc(Br)cc21. The smallest absolute Gasteiger partial charge is 0.126 e. The second-order valence-corrected chi connectivity index (χ2v) is 6.73. The lowest BCUT2D eigenvalue weighted by Gasteiger charge is -2.38. The predicted molar refractivity (Wildman–Crippen MR) is 80.9 cm³/mol. The Hall–Kier alpha value is -1.32. The van der Waals surface area contributed by atoms with Gasteiger partial charge in [-0.2, -0.15) is 0 Å². The Balaban J connectivity index is 1.73. The molecular formula is C17H15BrO2. The minimum absolute atomic E-state index is 0.274. The van der Waals surface area contributed by atoms with Crippen molar-refractivity contribution in [3.05, 3.63) is 63.6 Å². The van der Waals surface area contributed by atoms with Crippen LogP contribution in [0.1, 0.15) is 29.2 Å². The molecule has 102 valence electrons. The number of halogens is 1. The van der Waals surface area contributed by atoms with E-state index in [-0.39, 0.29) is 5.60 Å². The molecule has 2 nitrogen and oxygen atoms in total. The third-order valence-electron chi connectivity index (χ3n) is 4.37. The van der Waals surface area contributed by atoms with Crippen LogP contribution in [-0.4, -0.2) is 10.7 Å². The summed E-state index contributed by atoms with van der Waals surface area (Å²) < 4.78 is 7.28. The van der Waals surface area contributed by atoms with Crippen molar-refractivity contribution in [2.24, 2.45) is 0 Å². The molecule has 2 aromatic carbocycles. The fraction of sp³-hybridized carbons (Fsp3) is 0.294. The lowest BCUT2D eigenvalue weighted by atomic mass is 9.86. The summed E-state index contributed by atoms with van der Waals surface area (Å²) in [7, 11) is 0. The maximum Gasteiger partial charge on any atom is 0.126 e. The van der Waals surface area contributed by atoms with Gasteiger partial charge in [-0.15, -0.1) is 0 Å².